The lowest BCUT2D eigenvalue weighted by Crippen LogP contribution is -2.35. The summed E-state index contributed by atoms with van der Waals surface area (Å²) in [6.07, 6.45) is 10.7. The number of rotatable bonds is 6. The van der Waals surface area contributed by atoms with E-state index in [1.807, 2.05) is 0 Å². The van der Waals surface area contributed by atoms with Crippen LogP contribution in [0.2, 0.25) is 0 Å². The van der Waals surface area contributed by atoms with Gasteiger partial charge in [0.15, 0.2) is 0 Å². The summed E-state index contributed by atoms with van der Waals surface area (Å²) < 4.78 is 0. The highest BCUT2D eigenvalue weighted by molar-refractivity contribution is 5.29. The number of nitrogens with two attached hydrogens (primary N) is 1. The van der Waals surface area contributed by atoms with Crippen molar-refractivity contribution in [2.45, 2.75) is 78.2 Å². The smallest absolute Gasteiger partial charge is 0.0108 e. The average Bonchev–Trinajstić information content (AvgIpc) is 2.44. The first-order valence-corrected chi connectivity index (χ1v) is 8.91. The number of hydrogen-bond donors (Lipinski definition) is 1. The Kier molecular flexibility index (Phi) is 6.29. The Balaban J connectivity index is 1.83. The van der Waals surface area contributed by atoms with E-state index in [0.717, 1.165) is 18.3 Å². The second kappa shape index (κ2) is 7.98. The zero-order valence-electron chi connectivity index (χ0n) is 14.2. The van der Waals surface area contributed by atoms with Gasteiger partial charge in [0.25, 0.3) is 0 Å². The van der Waals surface area contributed by atoms with Gasteiger partial charge in [0.1, 0.15) is 0 Å². The minimum absolute atomic E-state index is 0.346. The fraction of sp³-hybridized carbons (Fsp3) is 0.700. The van der Waals surface area contributed by atoms with Crippen molar-refractivity contribution in [1.29, 1.82) is 0 Å². The minimum Gasteiger partial charge on any atom is -0.327 e. The van der Waals surface area contributed by atoms with E-state index in [0.29, 0.717) is 6.04 Å². The average molecular weight is 287 g/mol. The fourth-order valence-electron chi connectivity index (χ4n) is 4.02. The SMILES string of the molecule is CCCCC1CCC(C(N)Cc2cc(C)cc(C)c2)CC1. The molecule has 1 saturated carbocycles. The Morgan fingerprint density at radius 3 is 2.24 bits per heavy atom. The predicted molar refractivity (Wildman–Crippen MR) is 92.6 cm³/mol. The van der Waals surface area contributed by atoms with Crippen molar-refractivity contribution in [2.75, 3.05) is 0 Å². The molecule has 2 rings (SSSR count). The number of benzene rings is 1. The molecule has 1 atom stereocenters. The van der Waals surface area contributed by atoms with Crippen molar-refractivity contribution in [3.05, 3.63) is 34.9 Å². The summed E-state index contributed by atoms with van der Waals surface area (Å²) in [5.74, 6) is 1.72. The molecule has 21 heavy (non-hydrogen) atoms. The number of aryl methyl sites for hydroxylation is 2. The van der Waals surface area contributed by atoms with E-state index in [1.165, 1.54) is 61.6 Å². The van der Waals surface area contributed by atoms with E-state index < -0.39 is 0 Å². The van der Waals surface area contributed by atoms with Gasteiger partial charge in [-0.25, -0.2) is 0 Å². The van der Waals surface area contributed by atoms with Crippen molar-refractivity contribution in [3.8, 4) is 0 Å². The molecule has 1 aliphatic carbocycles. The molecule has 1 unspecified atom stereocenters. The molecule has 0 bridgehead atoms. The van der Waals surface area contributed by atoms with Crippen LogP contribution >= 0.6 is 0 Å². The molecule has 0 radical (unpaired) electrons. The van der Waals surface area contributed by atoms with Gasteiger partial charge in [0, 0.05) is 6.04 Å². The third-order valence-electron chi connectivity index (χ3n) is 5.22. The molecule has 0 amide bonds. The molecule has 1 aliphatic rings. The van der Waals surface area contributed by atoms with Crippen molar-refractivity contribution in [1.82, 2.24) is 0 Å². The lowest BCUT2D eigenvalue weighted by molar-refractivity contribution is 0.231. The maximum absolute atomic E-state index is 6.53. The number of unbranched alkanes of at least 4 members (excludes halogenated alkanes) is 1. The molecule has 0 aromatic heterocycles. The van der Waals surface area contributed by atoms with Gasteiger partial charge in [-0.2, -0.15) is 0 Å². The Labute approximate surface area is 131 Å². The summed E-state index contributed by atoms with van der Waals surface area (Å²) in [6.45, 7) is 6.66. The topological polar surface area (TPSA) is 26.0 Å². The molecule has 1 nitrogen and oxygen atoms in total. The highest BCUT2D eigenvalue weighted by atomic mass is 14.6. The van der Waals surface area contributed by atoms with Crippen LogP contribution in [0.4, 0.5) is 0 Å². The van der Waals surface area contributed by atoms with E-state index in [1.54, 1.807) is 0 Å². The molecule has 0 saturated heterocycles. The van der Waals surface area contributed by atoms with Crippen LogP contribution in [-0.4, -0.2) is 6.04 Å². The second-order valence-corrected chi connectivity index (χ2v) is 7.29. The molecule has 0 aliphatic heterocycles. The highest BCUT2D eigenvalue weighted by Crippen LogP contribution is 2.33. The summed E-state index contributed by atoms with van der Waals surface area (Å²) in [5, 5.41) is 0. The maximum Gasteiger partial charge on any atom is 0.0108 e. The molecule has 1 aromatic carbocycles. The predicted octanol–water partition coefficient (Wildman–Crippen LogP) is 5.17. The van der Waals surface area contributed by atoms with Gasteiger partial charge in [-0.1, -0.05) is 68.4 Å². The highest BCUT2D eigenvalue weighted by Gasteiger charge is 2.25. The van der Waals surface area contributed by atoms with E-state index in [4.69, 9.17) is 5.73 Å². The maximum atomic E-state index is 6.53. The van der Waals surface area contributed by atoms with E-state index >= 15 is 0 Å². The molecule has 1 aromatic rings. The van der Waals surface area contributed by atoms with E-state index in [9.17, 15) is 0 Å². The zero-order chi connectivity index (χ0) is 15.2. The fourth-order valence-corrected chi connectivity index (χ4v) is 4.02. The molecule has 118 valence electrons. The van der Waals surface area contributed by atoms with Crippen LogP contribution in [0.15, 0.2) is 18.2 Å². The van der Waals surface area contributed by atoms with Gasteiger partial charge in [-0.15, -0.1) is 0 Å². The van der Waals surface area contributed by atoms with Gasteiger partial charge in [0.2, 0.25) is 0 Å². The third-order valence-corrected chi connectivity index (χ3v) is 5.22. The quantitative estimate of drug-likeness (QED) is 0.767. The van der Waals surface area contributed by atoms with Crippen LogP contribution in [0.5, 0.6) is 0 Å². The molecule has 2 N–H and O–H groups in total. The van der Waals surface area contributed by atoms with Gasteiger partial charge in [-0.3, -0.25) is 0 Å². The van der Waals surface area contributed by atoms with Crippen LogP contribution in [0.1, 0.15) is 68.6 Å². The first-order valence-electron chi connectivity index (χ1n) is 8.91. The van der Waals surface area contributed by atoms with Crippen molar-refractivity contribution in [3.63, 3.8) is 0 Å². The monoisotopic (exact) mass is 287 g/mol. The van der Waals surface area contributed by atoms with Crippen LogP contribution in [0.25, 0.3) is 0 Å². The summed E-state index contributed by atoms with van der Waals surface area (Å²) >= 11 is 0. The van der Waals surface area contributed by atoms with Gasteiger partial charge in [-0.05, 0) is 50.5 Å². The van der Waals surface area contributed by atoms with Crippen molar-refractivity contribution in [2.24, 2.45) is 17.6 Å². The Hall–Kier alpha value is -0.820. The second-order valence-electron chi connectivity index (χ2n) is 7.29. The van der Waals surface area contributed by atoms with E-state index in [-0.39, 0.29) is 0 Å². The summed E-state index contributed by atoms with van der Waals surface area (Å²) in [5.41, 5.74) is 10.7. The summed E-state index contributed by atoms with van der Waals surface area (Å²) in [7, 11) is 0. The third kappa shape index (κ3) is 5.14. The van der Waals surface area contributed by atoms with E-state index in [2.05, 4.69) is 39.0 Å². The largest absolute Gasteiger partial charge is 0.327 e. The normalized spacial score (nSPS) is 24.0. The summed E-state index contributed by atoms with van der Waals surface area (Å²) in [4.78, 5) is 0. The van der Waals surface area contributed by atoms with Crippen LogP contribution in [0.3, 0.4) is 0 Å². The molecular formula is C20H33N. The van der Waals surface area contributed by atoms with Gasteiger partial charge >= 0.3 is 0 Å². The number of hydrogen-bond acceptors (Lipinski definition) is 1. The summed E-state index contributed by atoms with van der Waals surface area (Å²) in [6, 6.07) is 7.20. The first-order chi connectivity index (χ1) is 10.1. The molecule has 1 heteroatoms. The van der Waals surface area contributed by atoms with Gasteiger partial charge in [0.05, 0.1) is 0 Å². The van der Waals surface area contributed by atoms with Crippen LogP contribution in [0, 0.1) is 25.7 Å². The standard InChI is InChI=1S/C20H33N/c1-4-5-6-17-7-9-19(10-8-17)20(21)14-18-12-15(2)11-16(3)13-18/h11-13,17,19-20H,4-10,14,21H2,1-3H3. The molecule has 1 fully saturated rings. The molecule has 0 heterocycles. The Bertz CT molecular complexity index is 409. The Morgan fingerprint density at radius 1 is 1.05 bits per heavy atom. The van der Waals surface area contributed by atoms with Crippen molar-refractivity contribution < 1.29 is 0 Å². The lowest BCUT2D eigenvalue weighted by atomic mass is 9.76. The van der Waals surface area contributed by atoms with Crippen molar-refractivity contribution >= 4 is 0 Å². The van der Waals surface area contributed by atoms with Crippen LogP contribution in [-0.2, 0) is 6.42 Å². The van der Waals surface area contributed by atoms with Crippen LogP contribution < -0.4 is 5.73 Å². The lowest BCUT2D eigenvalue weighted by Gasteiger charge is -2.32. The molecule has 0 spiro atoms. The van der Waals surface area contributed by atoms with Gasteiger partial charge < -0.3 is 5.73 Å². The minimum atomic E-state index is 0.346. The Morgan fingerprint density at radius 2 is 1.67 bits per heavy atom. The molecular weight excluding hydrogens is 254 g/mol. The first kappa shape index (κ1) is 16.5. The zero-order valence-corrected chi connectivity index (χ0v) is 14.2.